The highest BCUT2D eigenvalue weighted by molar-refractivity contribution is 7.91. The molecule has 21 heavy (non-hydrogen) atoms. The van der Waals surface area contributed by atoms with Crippen molar-refractivity contribution in [2.45, 2.75) is 16.8 Å². The number of nitrogens with zero attached hydrogens (tertiary/aromatic N) is 2. The van der Waals surface area contributed by atoms with Crippen molar-refractivity contribution in [1.29, 1.82) is 0 Å². The van der Waals surface area contributed by atoms with Crippen LogP contribution in [0.4, 0.5) is 18.3 Å². The molecule has 2 rings (SSSR count). The Morgan fingerprint density at radius 1 is 1.52 bits per heavy atom. The van der Waals surface area contributed by atoms with E-state index in [-0.39, 0.29) is 10.1 Å². The SMILES string of the molecule is NS(=O)(=O)c1cnc(NCC2CCN(CC(F)(F)F)C2)s1. The van der Waals surface area contributed by atoms with Gasteiger partial charge in [0.2, 0.25) is 10.0 Å². The zero-order chi connectivity index (χ0) is 15.7. The third-order valence-electron chi connectivity index (χ3n) is 3.08. The average molecular weight is 344 g/mol. The fraction of sp³-hybridized carbons (Fsp3) is 0.700. The highest BCUT2D eigenvalue weighted by Gasteiger charge is 2.34. The molecule has 0 saturated carbocycles. The zero-order valence-electron chi connectivity index (χ0n) is 10.9. The van der Waals surface area contributed by atoms with E-state index >= 15 is 0 Å². The fourth-order valence-electron chi connectivity index (χ4n) is 2.18. The van der Waals surface area contributed by atoms with Crippen LogP contribution < -0.4 is 10.5 Å². The number of anilines is 1. The van der Waals surface area contributed by atoms with Gasteiger partial charge in [-0.3, -0.25) is 4.90 Å². The standard InChI is InChI=1S/C10H15F3N4O2S2/c11-10(12,13)6-17-2-1-7(5-17)3-15-9-16-4-8(20-9)21(14,18)19/h4,7H,1-3,5-6H2,(H,15,16)(H2,14,18,19). The van der Waals surface area contributed by atoms with Crippen molar-refractivity contribution in [2.75, 3.05) is 31.5 Å². The molecule has 0 spiro atoms. The van der Waals surface area contributed by atoms with Gasteiger partial charge >= 0.3 is 6.18 Å². The molecule has 0 aliphatic carbocycles. The highest BCUT2D eigenvalue weighted by Crippen LogP contribution is 2.25. The number of sulfonamides is 1. The highest BCUT2D eigenvalue weighted by atomic mass is 32.2. The smallest absolute Gasteiger partial charge is 0.361 e. The summed E-state index contributed by atoms with van der Waals surface area (Å²) in [6.07, 6.45) is -2.36. The van der Waals surface area contributed by atoms with Crippen LogP contribution in [0.1, 0.15) is 6.42 Å². The number of likely N-dealkylation sites (tertiary alicyclic amines) is 1. The summed E-state index contributed by atoms with van der Waals surface area (Å²) >= 11 is 0.905. The average Bonchev–Trinajstić information content (AvgIpc) is 2.91. The maximum absolute atomic E-state index is 12.3. The number of alkyl halides is 3. The molecular weight excluding hydrogens is 329 g/mol. The minimum absolute atomic E-state index is 0.0462. The summed E-state index contributed by atoms with van der Waals surface area (Å²) in [5.41, 5.74) is 0. The van der Waals surface area contributed by atoms with E-state index in [0.29, 0.717) is 31.2 Å². The van der Waals surface area contributed by atoms with E-state index in [1.165, 1.54) is 4.90 Å². The molecule has 0 amide bonds. The quantitative estimate of drug-likeness (QED) is 0.835. The van der Waals surface area contributed by atoms with Crippen LogP contribution in [0.15, 0.2) is 10.4 Å². The van der Waals surface area contributed by atoms with Crippen LogP contribution in [0.2, 0.25) is 0 Å². The van der Waals surface area contributed by atoms with Crippen molar-refractivity contribution in [2.24, 2.45) is 11.1 Å². The predicted octanol–water partition coefficient (Wildman–Crippen LogP) is 1.09. The number of nitrogens with two attached hydrogens (primary N) is 1. The summed E-state index contributed by atoms with van der Waals surface area (Å²) in [7, 11) is -3.77. The van der Waals surface area contributed by atoms with Gasteiger partial charge in [0.15, 0.2) is 9.34 Å². The fourth-order valence-corrected chi connectivity index (χ4v) is 3.64. The molecule has 1 atom stereocenters. The first-order valence-corrected chi connectivity index (χ1v) is 8.51. The van der Waals surface area contributed by atoms with Crippen LogP contribution in [0.5, 0.6) is 0 Å². The molecule has 1 unspecified atom stereocenters. The lowest BCUT2D eigenvalue weighted by molar-refractivity contribution is -0.143. The van der Waals surface area contributed by atoms with E-state index < -0.39 is 22.7 Å². The molecule has 1 aromatic rings. The molecule has 0 bridgehead atoms. The van der Waals surface area contributed by atoms with Crippen molar-refractivity contribution in [3.05, 3.63) is 6.20 Å². The van der Waals surface area contributed by atoms with E-state index in [9.17, 15) is 21.6 Å². The lowest BCUT2D eigenvalue weighted by Crippen LogP contribution is -2.33. The van der Waals surface area contributed by atoms with Gasteiger partial charge in [0, 0.05) is 13.1 Å². The predicted molar refractivity (Wildman–Crippen MR) is 72.6 cm³/mol. The second-order valence-electron chi connectivity index (χ2n) is 4.92. The Labute approximate surface area is 124 Å². The van der Waals surface area contributed by atoms with Gasteiger partial charge in [-0.2, -0.15) is 13.2 Å². The summed E-state index contributed by atoms with van der Waals surface area (Å²) in [5.74, 6) is 0.0779. The molecular formula is C10H15F3N4O2S2. The van der Waals surface area contributed by atoms with Crippen LogP contribution in [0, 0.1) is 5.92 Å². The van der Waals surface area contributed by atoms with E-state index in [4.69, 9.17) is 5.14 Å². The summed E-state index contributed by atoms with van der Waals surface area (Å²) in [5, 5.41) is 8.31. The molecule has 0 radical (unpaired) electrons. The molecule has 1 aliphatic heterocycles. The number of aromatic nitrogens is 1. The maximum atomic E-state index is 12.3. The molecule has 6 nitrogen and oxygen atoms in total. The van der Waals surface area contributed by atoms with Gasteiger partial charge in [-0.05, 0) is 18.9 Å². The second kappa shape index (κ2) is 6.07. The van der Waals surface area contributed by atoms with Crippen molar-refractivity contribution in [1.82, 2.24) is 9.88 Å². The minimum atomic E-state index is -4.18. The first-order valence-electron chi connectivity index (χ1n) is 6.15. The molecule has 2 heterocycles. The van der Waals surface area contributed by atoms with Gasteiger partial charge in [0.25, 0.3) is 0 Å². The Kier molecular flexibility index (Phi) is 4.76. The summed E-state index contributed by atoms with van der Waals surface area (Å²) in [4.78, 5) is 5.24. The van der Waals surface area contributed by atoms with Crippen molar-refractivity contribution in [3.63, 3.8) is 0 Å². The largest absolute Gasteiger partial charge is 0.401 e. The minimum Gasteiger partial charge on any atom is -0.361 e. The number of thiazole rings is 1. The van der Waals surface area contributed by atoms with Gasteiger partial charge in [-0.1, -0.05) is 11.3 Å². The molecule has 1 aromatic heterocycles. The van der Waals surface area contributed by atoms with Crippen molar-refractivity contribution < 1.29 is 21.6 Å². The van der Waals surface area contributed by atoms with Crippen LogP contribution >= 0.6 is 11.3 Å². The molecule has 1 saturated heterocycles. The van der Waals surface area contributed by atoms with Crippen LogP contribution in [-0.4, -0.2) is 50.7 Å². The van der Waals surface area contributed by atoms with Gasteiger partial charge in [0.1, 0.15) is 0 Å². The number of halogens is 3. The number of hydrogen-bond donors (Lipinski definition) is 2. The molecule has 11 heteroatoms. The van der Waals surface area contributed by atoms with Gasteiger partial charge < -0.3 is 5.32 Å². The lowest BCUT2D eigenvalue weighted by atomic mass is 10.1. The van der Waals surface area contributed by atoms with E-state index in [2.05, 4.69) is 10.3 Å². The number of hydrogen-bond acceptors (Lipinski definition) is 6. The first kappa shape index (κ1) is 16.5. The van der Waals surface area contributed by atoms with Gasteiger partial charge in [-0.25, -0.2) is 18.5 Å². The number of primary sulfonamides is 1. The lowest BCUT2D eigenvalue weighted by Gasteiger charge is -2.17. The van der Waals surface area contributed by atoms with Crippen molar-refractivity contribution in [3.8, 4) is 0 Å². The van der Waals surface area contributed by atoms with E-state index in [1.54, 1.807) is 0 Å². The zero-order valence-corrected chi connectivity index (χ0v) is 12.6. The normalized spacial score (nSPS) is 20.9. The third-order valence-corrected chi connectivity index (χ3v) is 5.44. The summed E-state index contributed by atoms with van der Waals surface area (Å²) in [6, 6.07) is 0. The van der Waals surface area contributed by atoms with E-state index in [0.717, 1.165) is 17.5 Å². The molecule has 1 aliphatic rings. The van der Waals surface area contributed by atoms with Crippen LogP contribution in [0.3, 0.4) is 0 Å². The monoisotopic (exact) mass is 344 g/mol. The Hall–Kier alpha value is -0.910. The van der Waals surface area contributed by atoms with Crippen LogP contribution in [0.25, 0.3) is 0 Å². The Morgan fingerprint density at radius 3 is 2.81 bits per heavy atom. The number of rotatable bonds is 5. The maximum Gasteiger partial charge on any atom is 0.401 e. The van der Waals surface area contributed by atoms with E-state index in [1.807, 2.05) is 0 Å². The van der Waals surface area contributed by atoms with Crippen molar-refractivity contribution >= 4 is 26.5 Å². The Balaban J connectivity index is 1.81. The molecule has 1 fully saturated rings. The number of nitrogens with one attached hydrogen (secondary N) is 1. The first-order chi connectivity index (χ1) is 9.63. The second-order valence-corrected chi connectivity index (χ2v) is 7.73. The van der Waals surface area contributed by atoms with Gasteiger partial charge in [-0.15, -0.1) is 0 Å². The molecule has 3 N–H and O–H groups in total. The summed E-state index contributed by atoms with van der Waals surface area (Å²) in [6.45, 7) is 0.328. The Bertz CT molecular complexity index is 587. The molecule has 120 valence electrons. The van der Waals surface area contributed by atoms with Gasteiger partial charge in [0.05, 0.1) is 12.7 Å². The Morgan fingerprint density at radius 2 is 2.24 bits per heavy atom. The third kappa shape index (κ3) is 5.09. The summed E-state index contributed by atoms with van der Waals surface area (Å²) < 4.78 is 58.9. The van der Waals surface area contributed by atoms with Crippen LogP contribution in [-0.2, 0) is 10.0 Å². The molecule has 0 aromatic carbocycles. The topological polar surface area (TPSA) is 88.3 Å².